The average molecular weight is 399 g/mol. The van der Waals surface area contributed by atoms with E-state index in [0.29, 0.717) is 23.4 Å². The summed E-state index contributed by atoms with van der Waals surface area (Å²) in [4.78, 5) is 20.5. The van der Waals surface area contributed by atoms with E-state index in [0.717, 1.165) is 33.5 Å². The monoisotopic (exact) mass is 399 g/mol. The van der Waals surface area contributed by atoms with Crippen molar-refractivity contribution >= 4 is 22.7 Å². The molecular formula is C24H21N3O3. The number of hydrogen-bond acceptors (Lipinski definition) is 5. The molecule has 6 heteroatoms. The van der Waals surface area contributed by atoms with Crippen LogP contribution in [0.5, 0.6) is 5.75 Å². The Morgan fingerprint density at radius 1 is 1.07 bits per heavy atom. The minimum atomic E-state index is -0.931. The van der Waals surface area contributed by atoms with Gasteiger partial charge in [0.1, 0.15) is 16.8 Å². The summed E-state index contributed by atoms with van der Waals surface area (Å²) in [5.74, 6) is -0.243. The Kier molecular flexibility index (Phi) is 5.30. The van der Waals surface area contributed by atoms with E-state index >= 15 is 0 Å². The van der Waals surface area contributed by atoms with Crippen LogP contribution in [0, 0.1) is 6.92 Å². The van der Waals surface area contributed by atoms with Crippen LogP contribution in [0.2, 0.25) is 0 Å². The molecule has 2 aromatic carbocycles. The third kappa shape index (κ3) is 3.80. The number of hydrogen-bond donors (Lipinski definition) is 2. The van der Waals surface area contributed by atoms with Crippen LogP contribution in [0.25, 0.3) is 22.2 Å². The summed E-state index contributed by atoms with van der Waals surface area (Å²) in [7, 11) is 1.62. The molecule has 6 nitrogen and oxygen atoms in total. The van der Waals surface area contributed by atoms with Gasteiger partial charge in [0.2, 0.25) is 0 Å². The molecule has 2 aromatic heterocycles. The minimum Gasteiger partial charge on any atom is -0.494 e. The molecule has 0 bridgehead atoms. The van der Waals surface area contributed by atoms with Crippen LogP contribution in [0.4, 0.5) is 5.69 Å². The number of carboxylic acids is 1. The number of fused-ring (bicyclic) bond motifs is 1. The molecule has 0 unspecified atom stereocenters. The summed E-state index contributed by atoms with van der Waals surface area (Å²) >= 11 is 0. The third-order valence-corrected chi connectivity index (χ3v) is 4.91. The van der Waals surface area contributed by atoms with Crippen molar-refractivity contribution in [2.45, 2.75) is 13.5 Å². The van der Waals surface area contributed by atoms with Gasteiger partial charge in [0.15, 0.2) is 0 Å². The van der Waals surface area contributed by atoms with Crippen LogP contribution in [0.3, 0.4) is 0 Å². The molecule has 0 aliphatic heterocycles. The van der Waals surface area contributed by atoms with E-state index in [9.17, 15) is 9.90 Å². The summed E-state index contributed by atoms with van der Waals surface area (Å²) in [5.41, 5.74) is 6.17. The topological polar surface area (TPSA) is 84.3 Å². The summed E-state index contributed by atoms with van der Waals surface area (Å²) in [6.07, 6.45) is 1.71. The molecule has 4 aromatic rings. The van der Waals surface area contributed by atoms with Crippen LogP contribution in [-0.2, 0) is 6.54 Å². The highest BCUT2D eigenvalue weighted by molar-refractivity contribution is 5.96. The molecule has 0 aliphatic rings. The number of aromatic nitrogens is 2. The minimum absolute atomic E-state index is 0.294. The van der Waals surface area contributed by atoms with Crippen LogP contribution >= 0.6 is 0 Å². The highest BCUT2D eigenvalue weighted by Gasteiger charge is 2.12. The predicted octanol–water partition coefficient (Wildman–Crippen LogP) is 4.92. The Balaban J connectivity index is 1.58. The second kappa shape index (κ2) is 8.21. The van der Waals surface area contributed by atoms with Gasteiger partial charge in [-0.05, 0) is 35.7 Å². The highest BCUT2D eigenvalue weighted by atomic mass is 16.5. The number of aromatic carboxylic acids is 1. The van der Waals surface area contributed by atoms with Crippen molar-refractivity contribution in [3.05, 3.63) is 83.7 Å². The van der Waals surface area contributed by atoms with E-state index in [2.05, 4.69) is 15.3 Å². The number of aryl methyl sites for hydroxylation is 1. The molecule has 0 saturated carbocycles. The molecule has 0 atom stereocenters. The molecule has 0 amide bonds. The van der Waals surface area contributed by atoms with Crippen LogP contribution < -0.4 is 10.1 Å². The number of nitrogens with one attached hydrogen (secondary N) is 1. The molecule has 4 rings (SSSR count). The van der Waals surface area contributed by atoms with Crippen molar-refractivity contribution in [2.75, 3.05) is 12.4 Å². The van der Waals surface area contributed by atoms with Gasteiger partial charge in [-0.25, -0.2) is 9.78 Å². The molecule has 0 fully saturated rings. The Morgan fingerprint density at radius 3 is 2.57 bits per heavy atom. The predicted molar refractivity (Wildman–Crippen MR) is 117 cm³/mol. The van der Waals surface area contributed by atoms with Crippen molar-refractivity contribution in [2.24, 2.45) is 0 Å². The maximum Gasteiger partial charge on any atom is 0.336 e. The van der Waals surface area contributed by atoms with E-state index in [1.54, 1.807) is 31.5 Å². The first-order chi connectivity index (χ1) is 14.6. The van der Waals surface area contributed by atoms with Gasteiger partial charge in [-0.2, -0.15) is 0 Å². The van der Waals surface area contributed by atoms with Gasteiger partial charge < -0.3 is 15.2 Å². The van der Waals surface area contributed by atoms with E-state index in [4.69, 9.17) is 4.74 Å². The Bertz CT molecular complexity index is 1220. The fraction of sp³-hybridized carbons (Fsp3) is 0.125. The van der Waals surface area contributed by atoms with Crippen molar-refractivity contribution in [3.8, 4) is 16.9 Å². The van der Waals surface area contributed by atoms with Gasteiger partial charge in [-0.15, -0.1) is 0 Å². The number of pyridine rings is 2. The lowest BCUT2D eigenvalue weighted by molar-refractivity contribution is 0.0697. The number of carboxylic acid groups (broad SMARTS) is 1. The lowest BCUT2D eigenvalue weighted by Gasteiger charge is -2.12. The lowest BCUT2D eigenvalue weighted by Crippen LogP contribution is -2.03. The van der Waals surface area contributed by atoms with Crippen LogP contribution in [0.15, 0.2) is 66.9 Å². The smallest absolute Gasteiger partial charge is 0.336 e. The van der Waals surface area contributed by atoms with Gasteiger partial charge in [-0.1, -0.05) is 42.5 Å². The Labute approximate surface area is 174 Å². The van der Waals surface area contributed by atoms with E-state index in [-0.39, 0.29) is 0 Å². The third-order valence-electron chi connectivity index (χ3n) is 4.91. The number of ether oxygens (including phenoxy) is 1. The second-order valence-corrected chi connectivity index (χ2v) is 6.92. The second-order valence-electron chi connectivity index (χ2n) is 6.92. The van der Waals surface area contributed by atoms with E-state index in [1.807, 2.05) is 49.4 Å². The number of benzene rings is 2. The number of anilines is 1. The standard InChI is InChI=1S/C24H21N3O3/c1-15-13-20(22-23(27-15)21(30-2)11-12-25-22)26-14-16-7-9-17(10-8-16)18-5-3-4-6-19(18)24(28)29/h3-13H,14H2,1-2H3,(H,26,27)(H,28,29). The molecule has 0 spiro atoms. The van der Waals surface area contributed by atoms with Crippen LogP contribution in [-0.4, -0.2) is 28.2 Å². The number of carbonyl (C=O) groups is 1. The largest absolute Gasteiger partial charge is 0.494 e. The molecule has 0 aliphatic carbocycles. The first kappa shape index (κ1) is 19.4. The maximum atomic E-state index is 11.5. The first-order valence-electron chi connectivity index (χ1n) is 9.52. The Hall–Kier alpha value is -3.93. The molecule has 2 N–H and O–H groups in total. The van der Waals surface area contributed by atoms with E-state index < -0.39 is 5.97 Å². The summed E-state index contributed by atoms with van der Waals surface area (Å²) in [5, 5.41) is 12.8. The molecular weight excluding hydrogens is 378 g/mol. The van der Waals surface area contributed by atoms with Gasteiger partial charge in [-0.3, -0.25) is 4.98 Å². The molecule has 0 radical (unpaired) electrons. The molecule has 150 valence electrons. The molecule has 0 saturated heterocycles. The van der Waals surface area contributed by atoms with Gasteiger partial charge in [0.25, 0.3) is 0 Å². The van der Waals surface area contributed by atoms with E-state index in [1.165, 1.54) is 0 Å². The zero-order chi connectivity index (χ0) is 21.1. The Morgan fingerprint density at radius 2 is 1.83 bits per heavy atom. The maximum absolute atomic E-state index is 11.5. The fourth-order valence-corrected chi connectivity index (χ4v) is 3.45. The number of rotatable bonds is 6. The average Bonchev–Trinajstić information content (AvgIpc) is 2.77. The van der Waals surface area contributed by atoms with Crippen LogP contribution in [0.1, 0.15) is 21.6 Å². The highest BCUT2D eigenvalue weighted by Crippen LogP contribution is 2.29. The van der Waals surface area contributed by atoms with Crippen molar-refractivity contribution in [3.63, 3.8) is 0 Å². The summed E-state index contributed by atoms with van der Waals surface area (Å²) < 4.78 is 5.41. The summed E-state index contributed by atoms with van der Waals surface area (Å²) in [6.45, 7) is 2.53. The van der Waals surface area contributed by atoms with Gasteiger partial charge >= 0.3 is 5.97 Å². The normalized spacial score (nSPS) is 10.7. The summed E-state index contributed by atoms with van der Waals surface area (Å²) in [6, 6.07) is 18.6. The van der Waals surface area contributed by atoms with Crippen molar-refractivity contribution < 1.29 is 14.6 Å². The van der Waals surface area contributed by atoms with Gasteiger partial charge in [0, 0.05) is 24.5 Å². The number of nitrogens with zero attached hydrogens (tertiary/aromatic N) is 2. The first-order valence-corrected chi connectivity index (χ1v) is 9.52. The quantitative estimate of drug-likeness (QED) is 0.479. The van der Waals surface area contributed by atoms with Crippen molar-refractivity contribution in [1.29, 1.82) is 0 Å². The van der Waals surface area contributed by atoms with Crippen molar-refractivity contribution in [1.82, 2.24) is 9.97 Å². The molecule has 30 heavy (non-hydrogen) atoms. The number of methoxy groups -OCH3 is 1. The van der Waals surface area contributed by atoms with Gasteiger partial charge in [0.05, 0.1) is 18.4 Å². The zero-order valence-corrected chi connectivity index (χ0v) is 16.7. The zero-order valence-electron chi connectivity index (χ0n) is 16.7. The lowest BCUT2D eigenvalue weighted by atomic mass is 9.99. The SMILES string of the molecule is COc1ccnc2c(NCc3ccc(-c4ccccc4C(=O)O)cc3)cc(C)nc12. The fourth-order valence-electron chi connectivity index (χ4n) is 3.45. The molecule has 2 heterocycles.